The molecule has 0 unspecified atom stereocenters. The molecule has 0 aromatic heterocycles. The first kappa shape index (κ1) is 12.7. The number of fused-ring (bicyclic) bond motifs is 3. The average Bonchev–Trinajstić information content (AvgIpc) is 2.56. The van der Waals surface area contributed by atoms with Crippen molar-refractivity contribution in [2.75, 3.05) is 7.11 Å². The van der Waals surface area contributed by atoms with E-state index in [1.807, 2.05) is 25.1 Å². The van der Waals surface area contributed by atoms with E-state index in [0.29, 0.717) is 17.7 Å². The van der Waals surface area contributed by atoms with Crippen LogP contribution in [0.15, 0.2) is 30.3 Å². The smallest absolute Gasteiger partial charge is 0.252 e. The molecule has 3 nitrogen and oxygen atoms in total. The van der Waals surface area contributed by atoms with Crippen LogP contribution in [-0.2, 0) is 6.54 Å². The number of benzene rings is 2. The lowest BCUT2D eigenvalue weighted by molar-refractivity contribution is 0.0952. The number of carbonyl (C=O) groups excluding carboxylic acids is 1. The predicted molar refractivity (Wildman–Crippen MR) is 74.3 cm³/mol. The van der Waals surface area contributed by atoms with Gasteiger partial charge in [0.05, 0.1) is 12.7 Å². The van der Waals surface area contributed by atoms with Crippen LogP contribution < -0.4 is 10.1 Å². The van der Waals surface area contributed by atoms with Crippen LogP contribution in [-0.4, -0.2) is 13.0 Å². The highest BCUT2D eigenvalue weighted by Gasteiger charge is 2.22. The summed E-state index contributed by atoms with van der Waals surface area (Å²) in [7, 11) is 1.39. The van der Waals surface area contributed by atoms with Crippen molar-refractivity contribution in [1.29, 1.82) is 0 Å². The third kappa shape index (κ3) is 1.93. The van der Waals surface area contributed by atoms with Crippen LogP contribution in [0.3, 0.4) is 0 Å². The van der Waals surface area contributed by atoms with Gasteiger partial charge in [0.1, 0.15) is 0 Å². The molecule has 0 spiro atoms. The van der Waals surface area contributed by atoms with Gasteiger partial charge in [-0.25, -0.2) is 4.39 Å². The number of rotatable bonds is 1. The van der Waals surface area contributed by atoms with Crippen molar-refractivity contribution in [2.24, 2.45) is 0 Å². The number of nitrogens with one attached hydrogen (secondary N) is 1. The van der Waals surface area contributed by atoms with Crippen LogP contribution in [0, 0.1) is 12.7 Å². The van der Waals surface area contributed by atoms with Crippen molar-refractivity contribution in [1.82, 2.24) is 5.32 Å². The SMILES string of the molecule is COc1cc2c(cc1F)-c1ccc(C)cc1CNC2=O. The van der Waals surface area contributed by atoms with Crippen molar-refractivity contribution in [3.8, 4) is 16.9 Å². The van der Waals surface area contributed by atoms with E-state index in [0.717, 1.165) is 16.7 Å². The summed E-state index contributed by atoms with van der Waals surface area (Å²) in [5.74, 6) is -0.603. The average molecular weight is 271 g/mol. The van der Waals surface area contributed by atoms with Crippen LogP contribution in [0.4, 0.5) is 4.39 Å². The van der Waals surface area contributed by atoms with Crippen molar-refractivity contribution in [2.45, 2.75) is 13.5 Å². The molecule has 1 aliphatic rings. The van der Waals surface area contributed by atoms with Gasteiger partial charge in [0, 0.05) is 6.54 Å². The summed E-state index contributed by atoms with van der Waals surface area (Å²) < 4.78 is 18.9. The van der Waals surface area contributed by atoms with Gasteiger partial charge in [0.15, 0.2) is 11.6 Å². The summed E-state index contributed by atoms with van der Waals surface area (Å²) >= 11 is 0. The fourth-order valence-electron chi connectivity index (χ4n) is 2.52. The maximum atomic E-state index is 14.0. The summed E-state index contributed by atoms with van der Waals surface area (Å²) in [6.07, 6.45) is 0. The van der Waals surface area contributed by atoms with Crippen molar-refractivity contribution >= 4 is 5.91 Å². The summed E-state index contributed by atoms with van der Waals surface area (Å²) in [5, 5.41) is 2.84. The minimum atomic E-state index is -0.465. The number of amides is 1. The first-order valence-corrected chi connectivity index (χ1v) is 6.36. The number of hydrogen-bond acceptors (Lipinski definition) is 2. The molecule has 3 rings (SSSR count). The Hall–Kier alpha value is -2.36. The van der Waals surface area contributed by atoms with E-state index in [2.05, 4.69) is 5.32 Å². The molecule has 1 heterocycles. The summed E-state index contributed by atoms with van der Waals surface area (Å²) in [5.41, 5.74) is 4.02. The summed E-state index contributed by atoms with van der Waals surface area (Å²) in [6.45, 7) is 2.43. The normalized spacial score (nSPS) is 13.1. The van der Waals surface area contributed by atoms with Gasteiger partial charge in [0.25, 0.3) is 5.91 Å². The van der Waals surface area contributed by atoms with E-state index in [-0.39, 0.29) is 11.7 Å². The maximum absolute atomic E-state index is 14.0. The first-order valence-electron chi connectivity index (χ1n) is 6.36. The van der Waals surface area contributed by atoms with Gasteiger partial charge in [-0.15, -0.1) is 0 Å². The van der Waals surface area contributed by atoms with E-state index in [9.17, 15) is 9.18 Å². The molecule has 102 valence electrons. The standard InChI is InChI=1S/C16H14FNO2/c1-9-3-4-11-10(5-9)8-18-16(19)13-7-15(20-2)14(17)6-12(11)13/h3-7H,8H2,1-2H3,(H,18,19). The highest BCUT2D eigenvalue weighted by Crippen LogP contribution is 2.34. The van der Waals surface area contributed by atoms with Crippen LogP contribution in [0.2, 0.25) is 0 Å². The maximum Gasteiger partial charge on any atom is 0.252 e. The van der Waals surface area contributed by atoms with E-state index >= 15 is 0 Å². The lowest BCUT2D eigenvalue weighted by Crippen LogP contribution is -2.21. The van der Waals surface area contributed by atoms with Gasteiger partial charge in [-0.2, -0.15) is 0 Å². The van der Waals surface area contributed by atoms with Crippen molar-refractivity contribution < 1.29 is 13.9 Å². The van der Waals surface area contributed by atoms with Gasteiger partial charge < -0.3 is 10.1 Å². The Kier molecular flexibility index (Phi) is 2.93. The number of methoxy groups -OCH3 is 1. The quantitative estimate of drug-likeness (QED) is 0.865. The van der Waals surface area contributed by atoms with E-state index < -0.39 is 5.82 Å². The molecule has 0 saturated carbocycles. The van der Waals surface area contributed by atoms with Gasteiger partial charge in [-0.05, 0) is 35.7 Å². The van der Waals surface area contributed by atoms with Crippen molar-refractivity contribution in [3.63, 3.8) is 0 Å². The predicted octanol–water partition coefficient (Wildman–Crippen LogP) is 3.05. The molecular weight excluding hydrogens is 257 g/mol. The molecule has 1 N–H and O–H groups in total. The first-order chi connectivity index (χ1) is 9.60. The molecule has 2 aromatic rings. The van der Waals surface area contributed by atoms with Crippen LogP contribution in [0.1, 0.15) is 21.5 Å². The fourth-order valence-corrected chi connectivity index (χ4v) is 2.52. The Morgan fingerprint density at radius 1 is 1.15 bits per heavy atom. The zero-order valence-electron chi connectivity index (χ0n) is 11.3. The molecule has 0 saturated heterocycles. The van der Waals surface area contributed by atoms with Gasteiger partial charge in [-0.3, -0.25) is 4.79 Å². The molecule has 0 fully saturated rings. The molecule has 20 heavy (non-hydrogen) atoms. The second-order valence-electron chi connectivity index (χ2n) is 4.88. The van der Waals surface area contributed by atoms with Gasteiger partial charge in [-0.1, -0.05) is 23.8 Å². The molecular formula is C16H14FNO2. The lowest BCUT2D eigenvalue weighted by Gasteiger charge is -2.11. The van der Waals surface area contributed by atoms with Crippen molar-refractivity contribution in [3.05, 3.63) is 52.8 Å². The Balaban J connectivity index is 2.30. The molecule has 4 heteroatoms. The Labute approximate surface area is 116 Å². The van der Waals surface area contributed by atoms with Crippen LogP contribution in [0.5, 0.6) is 5.75 Å². The van der Waals surface area contributed by atoms with E-state index in [1.54, 1.807) is 0 Å². The fraction of sp³-hybridized carbons (Fsp3) is 0.188. The number of aryl methyl sites for hydroxylation is 1. The summed E-state index contributed by atoms with van der Waals surface area (Å²) in [4.78, 5) is 12.1. The number of halogens is 1. The summed E-state index contributed by atoms with van der Waals surface area (Å²) in [6, 6.07) is 8.71. The molecule has 0 atom stereocenters. The Morgan fingerprint density at radius 3 is 2.70 bits per heavy atom. The zero-order chi connectivity index (χ0) is 14.3. The van der Waals surface area contributed by atoms with Crippen LogP contribution in [0.25, 0.3) is 11.1 Å². The lowest BCUT2D eigenvalue weighted by atomic mass is 9.95. The number of ether oxygens (including phenoxy) is 1. The molecule has 0 aliphatic carbocycles. The molecule has 0 bridgehead atoms. The Morgan fingerprint density at radius 2 is 1.95 bits per heavy atom. The molecule has 0 radical (unpaired) electrons. The Bertz CT molecular complexity index is 710. The highest BCUT2D eigenvalue weighted by atomic mass is 19.1. The second-order valence-corrected chi connectivity index (χ2v) is 4.88. The largest absolute Gasteiger partial charge is 0.494 e. The van der Waals surface area contributed by atoms with E-state index in [1.165, 1.54) is 19.2 Å². The molecule has 1 aliphatic heterocycles. The van der Waals surface area contributed by atoms with Gasteiger partial charge >= 0.3 is 0 Å². The van der Waals surface area contributed by atoms with Gasteiger partial charge in [0.2, 0.25) is 0 Å². The monoisotopic (exact) mass is 271 g/mol. The third-order valence-corrected chi connectivity index (χ3v) is 3.53. The minimum absolute atomic E-state index is 0.0782. The topological polar surface area (TPSA) is 38.3 Å². The zero-order valence-corrected chi connectivity index (χ0v) is 11.3. The third-order valence-electron chi connectivity index (χ3n) is 3.53. The minimum Gasteiger partial charge on any atom is -0.494 e. The van der Waals surface area contributed by atoms with Crippen LogP contribution >= 0.6 is 0 Å². The highest BCUT2D eigenvalue weighted by molar-refractivity contribution is 6.02. The molecule has 1 amide bonds. The second kappa shape index (κ2) is 4.63. The van der Waals surface area contributed by atoms with E-state index in [4.69, 9.17) is 4.74 Å². The molecule has 2 aromatic carbocycles. The number of carbonyl (C=O) groups is 1. The number of hydrogen-bond donors (Lipinski definition) is 1.